The van der Waals surface area contributed by atoms with Crippen LogP contribution >= 0.6 is 0 Å². The Morgan fingerprint density at radius 3 is 2.62 bits per heavy atom. The number of hydrogen-bond donors (Lipinski definition) is 1. The first kappa shape index (κ1) is 19.7. The first-order valence-corrected chi connectivity index (χ1v) is 10.3. The number of nitrogens with zero attached hydrogens (tertiary/aromatic N) is 2. The maximum absolute atomic E-state index is 12.9. The smallest absolute Gasteiger partial charge is 0.264 e. The SMILES string of the molecule is CN(C)c1ccc(-c2ccnc3c2CC(C)(C(=O)NCC2CCOCC2)O3)cc1. The fourth-order valence-corrected chi connectivity index (χ4v) is 4.03. The Morgan fingerprint density at radius 2 is 1.93 bits per heavy atom. The highest BCUT2D eigenvalue weighted by atomic mass is 16.5. The third-order valence-electron chi connectivity index (χ3n) is 5.92. The van der Waals surface area contributed by atoms with E-state index in [1.807, 2.05) is 27.1 Å². The largest absolute Gasteiger partial charge is 0.461 e. The number of benzene rings is 1. The molecule has 1 aromatic heterocycles. The van der Waals surface area contributed by atoms with E-state index in [1.165, 1.54) is 0 Å². The summed E-state index contributed by atoms with van der Waals surface area (Å²) in [5, 5.41) is 3.10. The first-order chi connectivity index (χ1) is 14.0. The molecule has 6 nitrogen and oxygen atoms in total. The van der Waals surface area contributed by atoms with Gasteiger partial charge in [0.25, 0.3) is 5.91 Å². The fraction of sp³-hybridized carbons (Fsp3) is 0.478. The lowest BCUT2D eigenvalue weighted by Crippen LogP contribution is -2.49. The van der Waals surface area contributed by atoms with E-state index in [-0.39, 0.29) is 5.91 Å². The third-order valence-corrected chi connectivity index (χ3v) is 5.92. The summed E-state index contributed by atoms with van der Waals surface area (Å²) in [5.74, 6) is 0.961. The van der Waals surface area contributed by atoms with E-state index in [4.69, 9.17) is 9.47 Å². The van der Waals surface area contributed by atoms with E-state index in [1.54, 1.807) is 6.20 Å². The molecule has 6 heteroatoms. The van der Waals surface area contributed by atoms with E-state index < -0.39 is 5.60 Å². The van der Waals surface area contributed by atoms with Gasteiger partial charge in [-0.3, -0.25) is 4.79 Å². The lowest BCUT2D eigenvalue weighted by Gasteiger charge is -2.26. The van der Waals surface area contributed by atoms with Crippen LogP contribution in [0.3, 0.4) is 0 Å². The topological polar surface area (TPSA) is 63.7 Å². The molecule has 1 aromatic carbocycles. The summed E-state index contributed by atoms with van der Waals surface area (Å²) >= 11 is 0. The predicted molar refractivity (Wildman–Crippen MR) is 113 cm³/mol. The molecule has 1 saturated heterocycles. The van der Waals surface area contributed by atoms with Crippen LogP contribution in [0.25, 0.3) is 11.1 Å². The monoisotopic (exact) mass is 395 g/mol. The van der Waals surface area contributed by atoms with Gasteiger partial charge in [-0.25, -0.2) is 4.98 Å². The van der Waals surface area contributed by atoms with E-state index in [9.17, 15) is 4.79 Å². The van der Waals surface area contributed by atoms with Gasteiger partial charge in [0.05, 0.1) is 0 Å². The molecular weight excluding hydrogens is 366 g/mol. The second-order valence-corrected chi connectivity index (χ2v) is 8.36. The summed E-state index contributed by atoms with van der Waals surface area (Å²) in [6, 6.07) is 10.4. The molecule has 2 aliphatic rings. The van der Waals surface area contributed by atoms with Crippen LogP contribution in [0.2, 0.25) is 0 Å². The number of fused-ring (bicyclic) bond motifs is 1. The molecule has 1 amide bonds. The molecule has 1 N–H and O–H groups in total. The molecule has 3 heterocycles. The van der Waals surface area contributed by atoms with Crippen molar-refractivity contribution in [1.29, 1.82) is 0 Å². The van der Waals surface area contributed by atoms with Crippen molar-refractivity contribution in [3.63, 3.8) is 0 Å². The van der Waals surface area contributed by atoms with Crippen molar-refractivity contribution in [2.45, 2.75) is 31.8 Å². The molecule has 2 aromatic rings. The van der Waals surface area contributed by atoms with Crippen LogP contribution in [0.1, 0.15) is 25.3 Å². The summed E-state index contributed by atoms with van der Waals surface area (Å²) < 4.78 is 11.5. The normalized spacial score (nSPS) is 21.3. The van der Waals surface area contributed by atoms with Gasteiger partial charge >= 0.3 is 0 Å². The Morgan fingerprint density at radius 1 is 1.21 bits per heavy atom. The molecule has 1 fully saturated rings. The number of carbonyl (C=O) groups is 1. The molecule has 0 radical (unpaired) electrons. The highest BCUT2D eigenvalue weighted by Gasteiger charge is 2.43. The van der Waals surface area contributed by atoms with Crippen molar-refractivity contribution >= 4 is 11.6 Å². The van der Waals surface area contributed by atoms with Crippen LogP contribution in [-0.2, 0) is 16.0 Å². The minimum absolute atomic E-state index is 0.0732. The molecule has 0 bridgehead atoms. The number of amides is 1. The first-order valence-electron chi connectivity index (χ1n) is 10.3. The second-order valence-electron chi connectivity index (χ2n) is 8.36. The lowest BCUT2D eigenvalue weighted by molar-refractivity contribution is -0.134. The molecule has 2 aliphatic heterocycles. The van der Waals surface area contributed by atoms with Crippen molar-refractivity contribution in [3.05, 3.63) is 42.1 Å². The predicted octanol–water partition coefficient (Wildman–Crippen LogP) is 3.05. The van der Waals surface area contributed by atoms with Crippen molar-refractivity contribution in [2.75, 3.05) is 38.8 Å². The number of anilines is 1. The lowest BCUT2D eigenvalue weighted by atomic mass is 9.92. The molecule has 4 rings (SSSR count). The van der Waals surface area contributed by atoms with Gasteiger partial charge in [0, 0.05) is 57.7 Å². The highest BCUT2D eigenvalue weighted by Crippen LogP contribution is 2.39. The van der Waals surface area contributed by atoms with Crippen molar-refractivity contribution in [2.24, 2.45) is 5.92 Å². The van der Waals surface area contributed by atoms with Gasteiger partial charge in [-0.2, -0.15) is 0 Å². The second kappa shape index (κ2) is 8.03. The van der Waals surface area contributed by atoms with Gasteiger partial charge in [-0.1, -0.05) is 12.1 Å². The van der Waals surface area contributed by atoms with E-state index in [0.29, 0.717) is 24.8 Å². The van der Waals surface area contributed by atoms with Crippen molar-refractivity contribution in [1.82, 2.24) is 10.3 Å². The minimum atomic E-state index is -0.930. The molecule has 1 atom stereocenters. The van der Waals surface area contributed by atoms with E-state index >= 15 is 0 Å². The van der Waals surface area contributed by atoms with Crippen LogP contribution in [0.15, 0.2) is 36.5 Å². The minimum Gasteiger partial charge on any atom is -0.461 e. The van der Waals surface area contributed by atoms with E-state index in [0.717, 1.165) is 48.4 Å². The molecule has 0 aliphatic carbocycles. The number of hydrogen-bond acceptors (Lipinski definition) is 5. The van der Waals surface area contributed by atoms with Crippen LogP contribution in [0, 0.1) is 5.92 Å². The average molecular weight is 396 g/mol. The van der Waals surface area contributed by atoms with Gasteiger partial charge < -0.3 is 19.7 Å². The zero-order valence-corrected chi connectivity index (χ0v) is 17.4. The van der Waals surface area contributed by atoms with E-state index in [2.05, 4.69) is 39.5 Å². The summed E-state index contributed by atoms with van der Waals surface area (Å²) in [5.41, 5.74) is 3.38. The molecule has 154 valence electrons. The summed E-state index contributed by atoms with van der Waals surface area (Å²) in [4.78, 5) is 19.4. The van der Waals surface area contributed by atoms with Crippen molar-refractivity contribution in [3.8, 4) is 17.0 Å². The number of rotatable bonds is 5. The molecular formula is C23H29N3O3. The third kappa shape index (κ3) is 4.08. The number of ether oxygens (including phenoxy) is 2. The van der Waals surface area contributed by atoms with Crippen molar-refractivity contribution < 1.29 is 14.3 Å². The number of carbonyl (C=O) groups excluding carboxylic acids is 1. The van der Waals surface area contributed by atoms with Crippen LogP contribution in [-0.4, -0.2) is 50.3 Å². The van der Waals surface area contributed by atoms with Gasteiger partial charge in [0.2, 0.25) is 5.88 Å². The highest BCUT2D eigenvalue weighted by molar-refractivity contribution is 5.87. The van der Waals surface area contributed by atoms with Gasteiger partial charge in [-0.15, -0.1) is 0 Å². The zero-order valence-electron chi connectivity index (χ0n) is 17.4. The Labute approximate surface area is 172 Å². The molecule has 0 spiro atoms. The summed E-state index contributed by atoms with van der Waals surface area (Å²) in [6.07, 6.45) is 4.25. The van der Waals surface area contributed by atoms with Gasteiger partial charge in [0.15, 0.2) is 5.60 Å². The Hall–Kier alpha value is -2.60. The number of nitrogens with one attached hydrogen (secondary N) is 1. The summed E-state index contributed by atoms with van der Waals surface area (Å²) in [6.45, 7) is 4.08. The fourth-order valence-electron chi connectivity index (χ4n) is 4.03. The quantitative estimate of drug-likeness (QED) is 0.843. The van der Waals surface area contributed by atoms with Crippen LogP contribution < -0.4 is 15.0 Å². The molecule has 0 saturated carbocycles. The van der Waals surface area contributed by atoms with Crippen LogP contribution in [0.5, 0.6) is 5.88 Å². The van der Waals surface area contributed by atoms with Crippen LogP contribution in [0.4, 0.5) is 5.69 Å². The number of pyridine rings is 1. The Balaban J connectivity index is 1.49. The maximum atomic E-state index is 12.9. The Bertz CT molecular complexity index is 875. The number of aromatic nitrogens is 1. The zero-order chi connectivity index (χ0) is 20.4. The summed E-state index contributed by atoms with van der Waals surface area (Å²) in [7, 11) is 4.05. The molecule has 29 heavy (non-hydrogen) atoms. The van der Waals surface area contributed by atoms with Gasteiger partial charge in [0.1, 0.15) is 0 Å². The average Bonchev–Trinajstić information content (AvgIpc) is 3.10. The maximum Gasteiger partial charge on any atom is 0.264 e. The molecule has 1 unspecified atom stereocenters. The standard InChI is InChI=1S/C23H29N3O3/c1-23(22(27)25-15-16-9-12-28-13-10-16)14-20-19(8-11-24-21(20)29-23)17-4-6-18(7-5-17)26(2)3/h4-8,11,16H,9-10,12-15H2,1-3H3,(H,25,27). The Kier molecular flexibility index (Phi) is 5.46. The van der Waals surface area contributed by atoms with Gasteiger partial charge in [-0.05, 0) is 55.0 Å².